The normalized spacial score (nSPS) is 14.1. The summed E-state index contributed by atoms with van der Waals surface area (Å²) in [5, 5.41) is 7.92. The second-order valence-corrected chi connectivity index (χ2v) is 8.26. The Hall–Kier alpha value is -2.45. The number of carbonyl (C=O) groups is 2. The number of carbonyl (C=O) groups excluding carboxylic acids is 2. The molecular weight excluding hydrogens is 392 g/mol. The van der Waals surface area contributed by atoms with Crippen molar-refractivity contribution >= 4 is 51.9 Å². The van der Waals surface area contributed by atoms with Crippen molar-refractivity contribution in [2.75, 3.05) is 36.4 Å². The van der Waals surface area contributed by atoms with Crippen LogP contribution in [0, 0.1) is 5.92 Å². The summed E-state index contributed by atoms with van der Waals surface area (Å²) in [6, 6.07) is 11.7. The molecule has 3 rings (SSSR count). The van der Waals surface area contributed by atoms with Crippen LogP contribution in [-0.2, 0) is 4.79 Å². The first-order valence-electron chi connectivity index (χ1n) is 9.23. The van der Waals surface area contributed by atoms with Gasteiger partial charge in [-0.15, -0.1) is 11.3 Å². The minimum atomic E-state index is -0.118. The third kappa shape index (κ3) is 5.08. The predicted molar refractivity (Wildman–Crippen MR) is 118 cm³/mol. The maximum atomic E-state index is 12.4. The van der Waals surface area contributed by atoms with Crippen LogP contribution < -0.4 is 15.5 Å². The highest BCUT2D eigenvalue weighted by Gasteiger charge is 2.22. The number of thiocarbonyl (C=S) groups is 1. The van der Waals surface area contributed by atoms with E-state index < -0.39 is 0 Å². The zero-order chi connectivity index (χ0) is 20.1. The molecule has 1 aromatic heterocycles. The summed E-state index contributed by atoms with van der Waals surface area (Å²) >= 11 is 6.66. The quantitative estimate of drug-likeness (QED) is 0.750. The number of nitrogens with zero attached hydrogens (tertiary/aromatic N) is 2. The van der Waals surface area contributed by atoms with Gasteiger partial charge in [0.15, 0.2) is 5.11 Å². The van der Waals surface area contributed by atoms with Crippen molar-refractivity contribution in [2.24, 2.45) is 5.92 Å². The molecule has 1 saturated heterocycles. The Morgan fingerprint density at radius 2 is 1.75 bits per heavy atom. The topological polar surface area (TPSA) is 64.7 Å². The van der Waals surface area contributed by atoms with Crippen LogP contribution in [0.5, 0.6) is 0 Å². The van der Waals surface area contributed by atoms with Crippen LogP contribution in [0.3, 0.4) is 0 Å². The van der Waals surface area contributed by atoms with Gasteiger partial charge >= 0.3 is 0 Å². The highest BCUT2D eigenvalue weighted by molar-refractivity contribution is 7.80. The Bertz CT molecular complexity index is 826. The summed E-state index contributed by atoms with van der Waals surface area (Å²) in [7, 11) is 0. The average molecular weight is 417 g/mol. The van der Waals surface area contributed by atoms with Crippen LogP contribution in [0.1, 0.15) is 23.5 Å². The van der Waals surface area contributed by atoms with Gasteiger partial charge in [-0.25, -0.2) is 0 Å². The summed E-state index contributed by atoms with van der Waals surface area (Å²) in [5.74, 6) is -0.109. The van der Waals surface area contributed by atoms with Gasteiger partial charge in [-0.3, -0.25) is 9.59 Å². The maximum absolute atomic E-state index is 12.4. The second-order valence-electron chi connectivity index (χ2n) is 6.90. The zero-order valence-electron chi connectivity index (χ0n) is 16.0. The van der Waals surface area contributed by atoms with Gasteiger partial charge < -0.3 is 20.4 Å². The molecule has 1 fully saturated rings. The third-order valence-corrected chi connectivity index (χ3v) is 5.61. The lowest BCUT2D eigenvalue weighted by Gasteiger charge is -2.36. The Labute approximate surface area is 174 Å². The first kappa shape index (κ1) is 20.3. The summed E-state index contributed by atoms with van der Waals surface area (Å²) in [6.07, 6.45) is 0. The van der Waals surface area contributed by atoms with E-state index in [4.69, 9.17) is 12.2 Å². The number of hydrogen-bond acceptors (Lipinski definition) is 5. The first-order chi connectivity index (χ1) is 13.4. The Morgan fingerprint density at radius 1 is 1.07 bits per heavy atom. The highest BCUT2D eigenvalue weighted by atomic mass is 32.1. The van der Waals surface area contributed by atoms with E-state index in [0.717, 1.165) is 29.3 Å². The van der Waals surface area contributed by atoms with Crippen LogP contribution in [0.25, 0.3) is 0 Å². The van der Waals surface area contributed by atoms with Crippen molar-refractivity contribution in [1.29, 1.82) is 0 Å². The molecule has 6 nitrogen and oxygen atoms in total. The van der Waals surface area contributed by atoms with E-state index in [-0.39, 0.29) is 17.7 Å². The van der Waals surface area contributed by atoms with Crippen LogP contribution >= 0.6 is 23.6 Å². The lowest BCUT2D eigenvalue weighted by atomic mass is 10.2. The average Bonchev–Trinajstić information content (AvgIpc) is 3.23. The largest absolute Gasteiger partial charge is 0.368 e. The molecule has 1 aliphatic heterocycles. The highest BCUT2D eigenvalue weighted by Crippen LogP contribution is 2.21. The van der Waals surface area contributed by atoms with Crippen molar-refractivity contribution in [2.45, 2.75) is 13.8 Å². The molecule has 148 valence electrons. The van der Waals surface area contributed by atoms with Gasteiger partial charge in [-0.1, -0.05) is 19.9 Å². The molecule has 0 spiro atoms. The number of amides is 2. The number of piperazine rings is 1. The minimum absolute atomic E-state index is 0.107. The van der Waals surface area contributed by atoms with Gasteiger partial charge in [0.25, 0.3) is 5.91 Å². The SMILES string of the molecule is CC(C)C(=O)NC(=S)Nc1ccc(N2CCN(C(=O)c3cccs3)CC2)cc1. The van der Waals surface area contributed by atoms with Gasteiger partial charge in [-0.2, -0.15) is 0 Å². The van der Waals surface area contributed by atoms with Crippen LogP contribution in [0.2, 0.25) is 0 Å². The van der Waals surface area contributed by atoms with Gasteiger partial charge in [0.1, 0.15) is 0 Å². The number of anilines is 2. The second kappa shape index (κ2) is 9.16. The monoisotopic (exact) mass is 416 g/mol. The number of nitrogens with one attached hydrogen (secondary N) is 2. The molecule has 0 unspecified atom stereocenters. The number of thiophene rings is 1. The van der Waals surface area contributed by atoms with Crippen molar-refractivity contribution in [1.82, 2.24) is 10.2 Å². The molecule has 2 heterocycles. The van der Waals surface area contributed by atoms with E-state index >= 15 is 0 Å². The molecular formula is C20H24N4O2S2. The number of benzene rings is 1. The summed E-state index contributed by atoms with van der Waals surface area (Å²) in [6.45, 7) is 6.66. The maximum Gasteiger partial charge on any atom is 0.264 e. The van der Waals surface area contributed by atoms with Gasteiger partial charge in [0.05, 0.1) is 4.88 Å². The predicted octanol–water partition coefficient (Wildman–Crippen LogP) is 3.18. The first-order valence-corrected chi connectivity index (χ1v) is 10.5. The molecule has 1 aliphatic rings. The van der Waals surface area contributed by atoms with Gasteiger partial charge in [-0.05, 0) is 47.9 Å². The molecule has 2 aromatic rings. The molecule has 0 radical (unpaired) electrons. The van der Waals surface area contributed by atoms with Crippen molar-refractivity contribution in [3.63, 3.8) is 0 Å². The van der Waals surface area contributed by atoms with Crippen molar-refractivity contribution in [3.8, 4) is 0 Å². The molecule has 0 aliphatic carbocycles. The summed E-state index contributed by atoms with van der Waals surface area (Å²) in [5.41, 5.74) is 1.93. The van der Waals surface area contributed by atoms with E-state index in [1.54, 1.807) is 0 Å². The number of rotatable bonds is 4. The summed E-state index contributed by atoms with van der Waals surface area (Å²) < 4.78 is 0. The fourth-order valence-electron chi connectivity index (χ4n) is 2.90. The van der Waals surface area contributed by atoms with Crippen LogP contribution in [-0.4, -0.2) is 48.0 Å². The molecule has 28 heavy (non-hydrogen) atoms. The van der Waals surface area contributed by atoms with Crippen LogP contribution in [0.4, 0.5) is 11.4 Å². The van der Waals surface area contributed by atoms with E-state index in [9.17, 15) is 9.59 Å². The van der Waals surface area contributed by atoms with Gasteiger partial charge in [0.2, 0.25) is 5.91 Å². The fourth-order valence-corrected chi connectivity index (χ4v) is 3.81. The van der Waals surface area contributed by atoms with E-state index in [1.165, 1.54) is 11.3 Å². The van der Waals surface area contributed by atoms with E-state index in [1.807, 2.05) is 60.5 Å². The van der Waals surface area contributed by atoms with Gasteiger partial charge in [0, 0.05) is 43.5 Å². The molecule has 2 amide bonds. The molecule has 0 saturated carbocycles. The zero-order valence-corrected chi connectivity index (χ0v) is 17.6. The smallest absolute Gasteiger partial charge is 0.264 e. The lowest BCUT2D eigenvalue weighted by molar-refractivity contribution is -0.122. The molecule has 0 atom stereocenters. The van der Waals surface area contributed by atoms with E-state index in [2.05, 4.69) is 15.5 Å². The van der Waals surface area contributed by atoms with E-state index in [0.29, 0.717) is 18.2 Å². The molecule has 1 aromatic carbocycles. The number of hydrogen-bond donors (Lipinski definition) is 2. The molecule has 0 bridgehead atoms. The van der Waals surface area contributed by atoms with Crippen molar-refractivity contribution < 1.29 is 9.59 Å². The third-order valence-electron chi connectivity index (χ3n) is 4.55. The standard InChI is InChI=1S/C20H24N4O2S2/c1-14(2)18(25)22-20(27)21-15-5-7-16(8-6-15)23-9-11-24(12-10-23)19(26)17-4-3-13-28-17/h3-8,13-14H,9-12H2,1-2H3,(H2,21,22,25,27). The van der Waals surface area contributed by atoms with Crippen molar-refractivity contribution in [3.05, 3.63) is 46.7 Å². The fraction of sp³-hybridized carbons (Fsp3) is 0.350. The summed E-state index contributed by atoms with van der Waals surface area (Å²) in [4.78, 5) is 29.1. The lowest BCUT2D eigenvalue weighted by Crippen LogP contribution is -2.48. The molecule has 2 N–H and O–H groups in total. The molecule has 8 heteroatoms. The Balaban J connectivity index is 1.51. The van der Waals surface area contributed by atoms with Crippen LogP contribution in [0.15, 0.2) is 41.8 Å². The minimum Gasteiger partial charge on any atom is -0.368 e. The Kier molecular flexibility index (Phi) is 6.64. The Morgan fingerprint density at radius 3 is 2.32 bits per heavy atom.